The Bertz CT molecular complexity index is 817. The Morgan fingerprint density at radius 3 is 2.21 bits per heavy atom. The summed E-state index contributed by atoms with van der Waals surface area (Å²) in [5.41, 5.74) is 1.38. The van der Waals surface area contributed by atoms with E-state index in [1.807, 2.05) is 45.9 Å². The Hall–Kier alpha value is -3.01. The molecule has 0 amide bonds. The minimum Gasteiger partial charge on any atom is -0.491 e. The monoisotopic (exact) mass is 380 g/mol. The van der Waals surface area contributed by atoms with Gasteiger partial charge in [0.1, 0.15) is 23.9 Å². The number of hydrogen-bond acceptors (Lipinski definition) is 4. The van der Waals surface area contributed by atoms with E-state index in [0.29, 0.717) is 23.7 Å². The van der Waals surface area contributed by atoms with Crippen molar-refractivity contribution >= 4 is 11.9 Å². The minimum absolute atomic E-state index is 0.0304. The van der Waals surface area contributed by atoms with Crippen LogP contribution in [0.15, 0.2) is 61.2 Å². The highest BCUT2D eigenvalue weighted by Crippen LogP contribution is 2.27. The third-order valence-electron chi connectivity index (χ3n) is 3.64. The molecule has 4 nitrogen and oxygen atoms in total. The maximum atomic E-state index is 12.5. The molecule has 0 bridgehead atoms. The maximum Gasteiger partial charge on any atom is 0.185 e. The molecule has 0 radical (unpaired) electrons. The summed E-state index contributed by atoms with van der Waals surface area (Å²) in [4.78, 5) is 12.5. The topological polar surface area (TPSA) is 44.8 Å². The van der Waals surface area contributed by atoms with Crippen molar-refractivity contribution in [3.8, 4) is 17.2 Å². The van der Waals surface area contributed by atoms with Gasteiger partial charge in [-0.1, -0.05) is 12.7 Å². The van der Waals surface area contributed by atoms with Gasteiger partial charge in [-0.2, -0.15) is 0 Å². The van der Waals surface area contributed by atoms with Gasteiger partial charge in [0.2, 0.25) is 0 Å². The molecule has 0 atom stereocenters. The normalized spacial score (nSPS) is 11.1. The van der Waals surface area contributed by atoms with E-state index in [0.717, 1.165) is 11.3 Å². The Balaban J connectivity index is 2.19. The number of hydrogen-bond donors (Lipinski definition) is 0. The third-order valence-corrected chi connectivity index (χ3v) is 3.64. The van der Waals surface area contributed by atoms with Crippen LogP contribution in [0.4, 0.5) is 0 Å². The van der Waals surface area contributed by atoms with E-state index in [-0.39, 0.29) is 18.0 Å². The molecule has 28 heavy (non-hydrogen) atoms. The fraction of sp³-hybridized carbons (Fsp3) is 0.292. The summed E-state index contributed by atoms with van der Waals surface area (Å²) >= 11 is 0. The Morgan fingerprint density at radius 2 is 1.61 bits per heavy atom. The van der Waals surface area contributed by atoms with E-state index < -0.39 is 0 Å². The van der Waals surface area contributed by atoms with Gasteiger partial charge in [0, 0.05) is 11.1 Å². The molecule has 2 aromatic carbocycles. The summed E-state index contributed by atoms with van der Waals surface area (Å²) in [5.74, 6) is 2.05. The van der Waals surface area contributed by atoms with Gasteiger partial charge >= 0.3 is 0 Å². The first kappa shape index (κ1) is 21.3. The third kappa shape index (κ3) is 6.62. The van der Waals surface area contributed by atoms with E-state index in [1.54, 1.807) is 42.5 Å². The molecule has 0 heterocycles. The molecule has 0 aromatic heterocycles. The van der Waals surface area contributed by atoms with E-state index in [2.05, 4.69) is 6.58 Å². The number of carbonyl (C=O) groups is 1. The number of benzene rings is 2. The lowest BCUT2D eigenvalue weighted by Gasteiger charge is -2.15. The first-order valence-electron chi connectivity index (χ1n) is 9.42. The van der Waals surface area contributed by atoms with E-state index in [9.17, 15) is 4.79 Å². The maximum absolute atomic E-state index is 12.5. The summed E-state index contributed by atoms with van der Waals surface area (Å²) in [6.45, 7) is 11.9. The highest BCUT2D eigenvalue weighted by atomic mass is 16.5. The fourth-order valence-corrected chi connectivity index (χ4v) is 2.50. The smallest absolute Gasteiger partial charge is 0.185 e. The number of rotatable bonds is 10. The van der Waals surface area contributed by atoms with Crippen LogP contribution in [0.1, 0.15) is 43.6 Å². The molecule has 148 valence electrons. The van der Waals surface area contributed by atoms with E-state index >= 15 is 0 Å². The van der Waals surface area contributed by atoms with Crippen molar-refractivity contribution in [2.24, 2.45) is 0 Å². The summed E-state index contributed by atoms with van der Waals surface area (Å²) in [6.07, 6.45) is 5.08. The van der Waals surface area contributed by atoms with Gasteiger partial charge in [-0.25, -0.2) is 0 Å². The standard InChI is InChI=1S/C24H28O4/c1-6-15-26-21-10-7-19(8-11-21)23(25)13-9-20-16-22(27-17(2)3)12-14-24(20)28-18(4)5/h6-14,16-18H,1,15H2,2-5H3. The van der Waals surface area contributed by atoms with Crippen LogP contribution < -0.4 is 14.2 Å². The van der Waals surface area contributed by atoms with Crippen LogP contribution in [0.3, 0.4) is 0 Å². The highest BCUT2D eigenvalue weighted by Gasteiger charge is 2.08. The second kappa shape index (κ2) is 10.4. The van der Waals surface area contributed by atoms with Gasteiger partial charge < -0.3 is 14.2 Å². The van der Waals surface area contributed by atoms with Crippen LogP contribution in [0, 0.1) is 0 Å². The van der Waals surface area contributed by atoms with E-state index in [1.165, 1.54) is 0 Å². The van der Waals surface area contributed by atoms with Crippen molar-refractivity contribution in [2.45, 2.75) is 39.9 Å². The summed E-state index contributed by atoms with van der Waals surface area (Å²) < 4.78 is 17.0. The first-order chi connectivity index (χ1) is 13.4. The number of carbonyl (C=O) groups excluding carboxylic acids is 1. The van der Waals surface area contributed by atoms with Gasteiger partial charge in [0.15, 0.2) is 5.78 Å². The van der Waals surface area contributed by atoms with Crippen LogP contribution in [-0.2, 0) is 0 Å². The van der Waals surface area contributed by atoms with E-state index in [4.69, 9.17) is 14.2 Å². The lowest BCUT2D eigenvalue weighted by atomic mass is 10.1. The number of ketones is 1. The number of allylic oxidation sites excluding steroid dienone is 1. The van der Waals surface area contributed by atoms with Crippen molar-refractivity contribution in [1.82, 2.24) is 0 Å². The van der Waals surface area contributed by atoms with Gasteiger partial charge in [-0.15, -0.1) is 0 Å². The molecule has 0 fully saturated rings. The molecular weight excluding hydrogens is 352 g/mol. The van der Waals surface area contributed by atoms with Crippen LogP contribution in [0.25, 0.3) is 6.08 Å². The van der Waals surface area contributed by atoms with Gasteiger partial charge in [-0.3, -0.25) is 4.79 Å². The van der Waals surface area contributed by atoms with Crippen molar-refractivity contribution < 1.29 is 19.0 Å². The highest BCUT2D eigenvalue weighted by molar-refractivity contribution is 6.07. The molecule has 0 saturated carbocycles. The van der Waals surface area contributed by atoms with Crippen LogP contribution in [0.2, 0.25) is 0 Å². The summed E-state index contributed by atoms with van der Waals surface area (Å²) in [6, 6.07) is 12.7. The van der Waals surface area contributed by atoms with Crippen LogP contribution in [0.5, 0.6) is 17.2 Å². The molecule has 0 unspecified atom stereocenters. The van der Waals surface area contributed by atoms with Crippen molar-refractivity contribution in [2.75, 3.05) is 6.61 Å². The van der Waals surface area contributed by atoms with Crippen LogP contribution in [-0.4, -0.2) is 24.6 Å². The quantitative estimate of drug-likeness (QED) is 0.300. The zero-order chi connectivity index (χ0) is 20.5. The first-order valence-corrected chi connectivity index (χ1v) is 9.42. The minimum atomic E-state index is -0.0963. The fourth-order valence-electron chi connectivity index (χ4n) is 2.50. The van der Waals surface area contributed by atoms with Gasteiger partial charge in [-0.05, 0) is 82.3 Å². The lowest BCUT2D eigenvalue weighted by Crippen LogP contribution is -2.08. The molecule has 0 N–H and O–H groups in total. The Kier molecular flexibility index (Phi) is 7.88. The Labute approximate surface area is 167 Å². The second-order valence-corrected chi connectivity index (χ2v) is 6.85. The second-order valence-electron chi connectivity index (χ2n) is 6.85. The van der Waals surface area contributed by atoms with Crippen molar-refractivity contribution in [1.29, 1.82) is 0 Å². The molecular formula is C24H28O4. The predicted molar refractivity (Wildman–Crippen MR) is 113 cm³/mol. The molecule has 2 aromatic rings. The molecule has 0 aliphatic carbocycles. The van der Waals surface area contributed by atoms with Gasteiger partial charge in [0.25, 0.3) is 0 Å². The molecule has 4 heteroatoms. The van der Waals surface area contributed by atoms with Crippen molar-refractivity contribution in [3.63, 3.8) is 0 Å². The largest absolute Gasteiger partial charge is 0.491 e. The zero-order valence-electron chi connectivity index (χ0n) is 17.0. The molecule has 0 aliphatic rings. The molecule has 0 saturated heterocycles. The lowest BCUT2D eigenvalue weighted by molar-refractivity contribution is 0.104. The predicted octanol–water partition coefficient (Wildman–Crippen LogP) is 5.72. The molecule has 0 aliphatic heterocycles. The SMILES string of the molecule is C=CCOc1ccc(C(=O)C=Cc2cc(OC(C)C)ccc2OC(C)C)cc1. The van der Waals surface area contributed by atoms with Gasteiger partial charge in [0.05, 0.1) is 12.2 Å². The average Bonchev–Trinajstić information content (AvgIpc) is 2.65. The Morgan fingerprint density at radius 1 is 0.964 bits per heavy atom. The number of ether oxygens (including phenoxy) is 3. The van der Waals surface area contributed by atoms with Crippen LogP contribution >= 0.6 is 0 Å². The van der Waals surface area contributed by atoms with Crippen molar-refractivity contribution in [3.05, 3.63) is 72.3 Å². The molecule has 0 spiro atoms. The summed E-state index contributed by atoms with van der Waals surface area (Å²) in [7, 11) is 0. The zero-order valence-corrected chi connectivity index (χ0v) is 17.0. The molecule has 2 rings (SSSR count). The average molecular weight is 380 g/mol. The summed E-state index contributed by atoms with van der Waals surface area (Å²) in [5, 5.41) is 0.